The Balaban J connectivity index is 1.32. The van der Waals surface area contributed by atoms with Crippen molar-refractivity contribution in [2.24, 2.45) is 5.73 Å². The van der Waals surface area contributed by atoms with Gasteiger partial charge in [0.2, 0.25) is 5.91 Å². The molecule has 2 aliphatic rings. The maximum Gasteiger partial charge on any atom is 0.406 e. The number of hydrogen-bond acceptors (Lipinski definition) is 6. The predicted octanol–water partition coefficient (Wildman–Crippen LogP) is 4.83. The van der Waals surface area contributed by atoms with Crippen LogP contribution in [0.4, 0.5) is 24.5 Å². The predicted molar refractivity (Wildman–Crippen MR) is 157 cm³/mol. The van der Waals surface area contributed by atoms with E-state index in [9.17, 15) is 18.0 Å². The molecule has 0 spiro atoms. The minimum absolute atomic E-state index is 0.149. The van der Waals surface area contributed by atoms with E-state index in [0.29, 0.717) is 28.6 Å². The van der Waals surface area contributed by atoms with E-state index in [2.05, 4.69) is 27.4 Å². The fraction of sp³-hybridized carbons (Fsp3) is 0.452. The minimum Gasteiger partial charge on any atom is -0.495 e. The molecule has 0 atom stereocenters. The Morgan fingerprint density at radius 1 is 1.10 bits per heavy atom. The number of fused-ring (bicyclic) bond motifs is 1. The molecule has 11 heteroatoms. The summed E-state index contributed by atoms with van der Waals surface area (Å²) in [5.74, 6) is 5.69. The van der Waals surface area contributed by atoms with Crippen molar-refractivity contribution in [1.29, 1.82) is 0 Å². The van der Waals surface area contributed by atoms with Gasteiger partial charge in [-0.15, -0.1) is 0 Å². The Hall–Kier alpha value is -3.88. The zero-order valence-corrected chi connectivity index (χ0v) is 23.6. The quantitative estimate of drug-likeness (QED) is 0.329. The average Bonchev–Trinajstić information content (AvgIpc) is 3.32. The van der Waals surface area contributed by atoms with Gasteiger partial charge in [0.1, 0.15) is 12.3 Å². The molecular weight excluding hydrogens is 547 g/mol. The zero-order valence-electron chi connectivity index (χ0n) is 23.6. The molecular formula is C31H36F3N5O3. The minimum atomic E-state index is -4.41. The number of likely N-dealkylation sites (tertiary alicyclic amines) is 1. The van der Waals surface area contributed by atoms with Gasteiger partial charge in [-0.05, 0) is 68.0 Å². The van der Waals surface area contributed by atoms with Crippen molar-refractivity contribution < 1.29 is 27.4 Å². The number of hydrogen-bond donors (Lipinski definition) is 3. The largest absolute Gasteiger partial charge is 0.495 e. The number of aromatic nitrogens is 1. The van der Waals surface area contributed by atoms with Crippen molar-refractivity contribution >= 4 is 28.2 Å². The Kier molecular flexibility index (Phi) is 9.14. The van der Waals surface area contributed by atoms with Crippen LogP contribution in [0.1, 0.15) is 41.7 Å². The lowest BCUT2D eigenvalue weighted by Gasteiger charge is -2.39. The van der Waals surface area contributed by atoms with E-state index >= 15 is 0 Å². The molecule has 0 aliphatic carbocycles. The van der Waals surface area contributed by atoms with Crippen molar-refractivity contribution in [1.82, 2.24) is 9.47 Å². The lowest BCUT2D eigenvalue weighted by molar-refractivity contribution is -0.140. The number of piperidine rings is 1. The Morgan fingerprint density at radius 2 is 1.86 bits per heavy atom. The first-order chi connectivity index (χ1) is 20.2. The number of methoxy groups -OCH3 is 1. The topological polar surface area (TPSA) is 93.8 Å². The van der Waals surface area contributed by atoms with E-state index in [1.165, 1.54) is 17.7 Å². The molecule has 3 heterocycles. The molecule has 224 valence electrons. The molecule has 2 saturated heterocycles. The monoisotopic (exact) mass is 583 g/mol. The third-order valence-electron chi connectivity index (χ3n) is 7.95. The smallest absolute Gasteiger partial charge is 0.406 e. The number of ether oxygens (including phenoxy) is 2. The highest BCUT2D eigenvalue weighted by Gasteiger charge is 2.30. The first-order valence-corrected chi connectivity index (χ1v) is 14.2. The number of nitrogens with one attached hydrogen (secondary N) is 2. The summed E-state index contributed by atoms with van der Waals surface area (Å²) in [4.78, 5) is 14.0. The molecule has 8 nitrogen and oxygen atoms in total. The standard InChI is InChI=1S/C31H36F3N5O3/c1-41-29-18-21(30(35)40)7-8-27(29)36-13-3-4-24-19-25-26(5-2-6-28(25)39(24)20-31(32,33)34)37-22-9-14-38(15-10-22)23-11-16-42-17-12-23/h2,5-8,18-19,22-23,36-37H,9-17,20H2,1H3,(H2,35,40). The number of alkyl halides is 3. The number of amides is 1. The number of nitrogens with two attached hydrogens (primary N) is 1. The summed E-state index contributed by atoms with van der Waals surface area (Å²) in [6, 6.07) is 12.7. The number of nitrogens with zero attached hydrogens (tertiary/aromatic N) is 2. The van der Waals surface area contributed by atoms with E-state index in [-0.39, 0.29) is 18.3 Å². The number of rotatable bonds is 8. The maximum absolute atomic E-state index is 13.6. The van der Waals surface area contributed by atoms with Crippen LogP contribution in [0.25, 0.3) is 10.9 Å². The molecule has 0 unspecified atom stereocenters. The highest BCUT2D eigenvalue weighted by Crippen LogP contribution is 2.32. The van der Waals surface area contributed by atoms with Crippen molar-refractivity contribution in [3.8, 4) is 17.6 Å². The molecule has 1 aromatic heterocycles. The number of carbonyl (C=O) groups is 1. The summed E-state index contributed by atoms with van der Waals surface area (Å²) >= 11 is 0. The second-order valence-electron chi connectivity index (χ2n) is 10.7. The molecule has 5 rings (SSSR count). The second kappa shape index (κ2) is 13.0. The summed E-state index contributed by atoms with van der Waals surface area (Å²) in [5, 5.41) is 7.42. The number of primary amides is 1. The normalized spacial score (nSPS) is 17.0. The van der Waals surface area contributed by atoms with Crippen molar-refractivity contribution in [2.75, 3.05) is 50.6 Å². The average molecular weight is 584 g/mol. The molecule has 2 fully saturated rings. The van der Waals surface area contributed by atoms with Crippen LogP contribution in [0.5, 0.6) is 5.75 Å². The summed E-state index contributed by atoms with van der Waals surface area (Å²) in [5.41, 5.74) is 7.80. The third-order valence-corrected chi connectivity index (χ3v) is 7.95. The number of benzene rings is 2. The summed E-state index contributed by atoms with van der Waals surface area (Å²) in [7, 11) is 1.47. The van der Waals surface area contributed by atoms with Crippen LogP contribution < -0.4 is 21.1 Å². The molecule has 0 radical (unpaired) electrons. The van der Waals surface area contributed by atoms with Gasteiger partial charge in [-0.25, -0.2) is 0 Å². The lowest BCUT2D eigenvalue weighted by Crippen LogP contribution is -2.46. The molecule has 42 heavy (non-hydrogen) atoms. The van der Waals surface area contributed by atoms with E-state index in [1.54, 1.807) is 30.3 Å². The van der Waals surface area contributed by atoms with Gasteiger partial charge < -0.3 is 35.3 Å². The van der Waals surface area contributed by atoms with Gasteiger partial charge in [-0.2, -0.15) is 13.2 Å². The second-order valence-corrected chi connectivity index (χ2v) is 10.7. The summed E-state index contributed by atoms with van der Waals surface area (Å²) in [6.45, 7) is 2.64. The summed E-state index contributed by atoms with van der Waals surface area (Å²) < 4.78 is 52.9. The van der Waals surface area contributed by atoms with Gasteiger partial charge >= 0.3 is 6.18 Å². The molecule has 2 aliphatic heterocycles. The highest BCUT2D eigenvalue weighted by atomic mass is 19.4. The summed E-state index contributed by atoms with van der Waals surface area (Å²) in [6.07, 6.45) is -0.327. The first kappa shape index (κ1) is 29.6. The molecule has 4 N–H and O–H groups in total. The van der Waals surface area contributed by atoms with Gasteiger partial charge in [-0.3, -0.25) is 4.79 Å². The van der Waals surface area contributed by atoms with Crippen LogP contribution in [0.3, 0.4) is 0 Å². The SMILES string of the molecule is COc1cc(C(N)=O)ccc1NCC#Cc1cc2c(NC3CCN(C4CCOCC4)CC3)cccc2n1CC(F)(F)F. The molecule has 1 amide bonds. The molecule has 3 aromatic rings. The van der Waals surface area contributed by atoms with Crippen molar-refractivity contribution in [2.45, 2.75) is 50.5 Å². The number of halogens is 3. The van der Waals surface area contributed by atoms with Crippen LogP contribution >= 0.6 is 0 Å². The van der Waals surface area contributed by atoms with E-state index in [4.69, 9.17) is 15.2 Å². The fourth-order valence-corrected chi connectivity index (χ4v) is 5.81. The van der Waals surface area contributed by atoms with E-state index < -0.39 is 18.6 Å². The van der Waals surface area contributed by atoms with E-state index in [1.807, 2.05) is 6.07 Å². The third kappa shape index (κ3) is 7.12. The van der Waals surface area contributed by atoms with E-state index in [0.717, 1.165) is 63.1 Å². The Bertz CT molecular complexity index is 1460. The highest BCUT2D eigenvalue weighted by molar-refractivity contribution is 5.94. The van der Waals surface area contributed by atoms with Crippen LogP contribution in [-0.2, 0) is 11.3 Å². The van der Waals surface area contributed by atoms with Crippen LogP contribution in [0, 0.1) is 11.8 Å². The van der Waals surface area contributed by atoms with Crippen molar-refractivity contribution in [3.05, 3.63) is 53.7 Å². The number of carbonyl (C=O) groups excluding carboxylic acids is 1. The molecule has 2 aromatic carbocycles. The van der Waals surface area contributed by atoms with Crippen molar-refractivity contribution in [3.63, 3.8) is 0 Å². The van der Waals surface area contributed by atoms with Gasteiger partial charge in [0.25, 0.3) is 0 Å². The maximum atomic E-state index is 13.6. The van der Waals surface area contributed by atoms with Gasteiger partial charge in [0.05, 0.1) is 30.6 Å². The van der Waals surface area contributed by atoms with Gasteiger partial charge in [0, 0.05) is 55.0 Å². The molecule has 0 saturated carbocycles. The van der Waals surface area contributed by atoms with Gasteiger partial charge in [-0.1, -0.05) is 12.0 Å². The van der Waals surface area contributed by atoms with Crippen LogP contribution in [-0.4, -0.2) is 73.6 Å². The first-order valence-electron chi connectivity index (χ1n) is 14.2. The zero-order chi connectivity index (χ0) is 29.7. The fourth-order valence-electron chi connectivity index (χ4n) is 5.81. The van der Waals surface area contributed by atoms with Crippen LogP contribution in [0.2, 0.25) is 0 Å². The lowest BCUT2D eigenvalue weighted by atomic mass is 9.99. The molecule has 0 bridgehead atoms. The Labute approximate surface area is 243 Å². The van der Waals surface area contributed by atoms with Gasteiger partial charge in [0.15, 0.2) is 0 Å². The van der Waals surface area contributed by atoms with Crippen LogP contribution in [0.15, 0.2) is 42.5 Å². The Morgan fingerprint density at radius 3 is 2.55 bits per heavy atom. The number of anilines is 2.